The van der Waals surface area contributed by atoms with E-state index in [1.807, 2.05) is 63.2 Å². The molecule has 33 heavy (non-hydrogen) atoms. The molecule has 3 rings (SSSR count). The van der Waals surface area contributed by atoms with E-state index in [1.165, 1.54) is 5.56 Å². The summed E-state index contributed by atoms with van der Waals surface area (Å²) in [5.41, 5.74) is 5.13. The van der Waals surface area contributed by atoms with Gasteiger partial charge in [-0.1, -0.05) is 43.7 Å². The molecule has 0 atom stereocenters. The maximum absolute atomic E-state index is 11.8. The zero-order valence-electron chi connectivity index (χ0n) is 19.6. The third-order valence-corrected chi connectivity index (χ3v) is 5.60. The number of nitrogens with one attached hydrogen (secondary N) is 2. The third kappa shape index (κ3) is 7.26. The highest BCUT2D eigenvalue weighted by Gasteiger charge is 2.13. The summed E-state index contributed by atoms with van der Waals surface area (Å²) in [6.07, 6.45) is 0. The van der Waals surface area contributed by atoms with Crippen LogP contribution in [0.1, 0.15) is 37.5 Å². The molecule has 174 valence electrons. The third-order valence-electron chi connectivity index (χ3n) is 5.01. The molecule has 3 aromatic carbocycles. The fraction of sp³-hybridized carbons (Fsp3) is 0.296. The van der Waals surface area contributed by atoms with E-state index in [2.05, 4.69) is 51.7 Å². The molecule has 0 bridgehead atoms. The fourth-order valence-electron chi connectivity index (χ4n) is 3.25. The van der Waals surface area contributed by atoms with Gasteiger partial charge in [0.1, 0.15) is 6.61 Å². The van der Waals surface area contributed by atoms with Crippen molar-refractivity contribution in [3.05, 3.63) is 81.8 Å². The van der Waals surface area contributed by atoms with Crippen LogP contribution in [0.3, 0.4) is 0 Å². The summed E-state index contributed by atoms with van der Waals surface area (Å²) in [5, 5.41) is 6.32. The molecule has 0 unspecified atom stereocenters. The molecule has 0 heterocycles. The van der Waals surface area contributed by atoms with Crippen LogP contribution >= 0.6 is 15.9 Å². The van der Waals surface area contributed by atoms with Gasteiger partial charge in [-0.25, -0.2) is 0 Å². The lowest BCUT2D eigenvalue weighted by Crippen LogP contribution is -2.17. The van der Waals surface area contributed by atoms with Gasteiger partial charge in [0, 0.05) is 23.8 Å². The van der Waals surface area contributed by atoms with Gasteiger partial charge in [-0.2, -0.15) is 0 Å². The Balaban J connectivity index is 1.66. The quantitative estimate of drug-likeness (QED) is 0.310. The summed E-state index contributed by atoms with van der Waals surface area (Å²) in [4.78, 5) is 11.8. The van der Waals surface area contributed by atoms with E-state index in [0.29, 0.717) is 31.3 Å². The Labute approximate surface area is 204 Å². The number of ether oxygens (including phenoxy) is 2. The molecule has 3 aromatic rings. The van der Waals surface area contributed by atoms with E-state index in [4.69, 9.17) is 9.47 Å². The predicted octanol–water partition coefficient (Wildman–Crippen LogP) is 6.94. The van der Waals surface area contributed by atoms with E-state index in [1.54, 1.807) is 0 Å². The first-order valence-corrected chi connectivity index (χ1v) is 11.9. The number of carbonyl (C=O) groups excluding carboxylic acids is 1. The normalized spacial score (nSPS) is 10.7. The van der Waals surface area contributed by atoms with E-state index < -0.39 is 0 Å². The topological polar surface area (TPSA) is 59.6 Å². The van der Waals surface area contributed by atoms with Crippen LogP contribution < -0.4 is 20.1 Å². The van der Waals surface area contributed by atoms with Crippen molar-refractivity contribution in [1.29, 1.82) is 0 Å². The van der Waals surface area contributed by atoms with Gasteiger partial charge in [0.05, 0.1) is 11.1 Å². The molecule has 0 saturated heterocycles. The van der Waals surface area contributed by atoms with Crippen LogP contribution in [0.4, 0.5) is 11.4 Å². The van der Waals surface area contributed by atoms with Gasteiger partial charge in [-0.3, -0.25) is 4.79 Å². The lowest BCUT2D eigenvalue weighted by molar-refractivity contribution is -0.118. The Bertz CT molecular complexity index is 1080. The van der Waals surface area contributed by atoms with Crippen LogP contribution in [0.15, 0.2) is 65.1 Å². The largest absolute Gasteiger partial charge is 0.490 e. The summed E-state index contributed by atoms with van der Waals surface area (Å²) in [7, 11) is 0. The molecule has 1 amide bonds. The van der Waals surface area contributed by atoms with E-state index >= 15 is 0 Å². The Morgan fingerprint density at radius 2 is 1.70 bits per heavy atom. The highest BCUT2D eigenvalue weighted by atomic mass is 79.9. The van der Waals surface area contributed by atoms with Crippen molar-refractivity contribution in [2.24, 2.45) is 5.92 Å². The Hall–Kier alpha value is -2.99. The highest BCUT2D eigenvalue weighted by molar-refractivity contribution is 9.10. The Morgan fingerprint density at radius 1 is 0.970 bits per heavy atom. The maximum Gasteiger partial charge on any atom is 0.226 e. The highest BCUT2D eigenvalue weighted by Crippen LogP contribution is 2.37. The molecule has 2 N–H and O–H groups in total. The van der Waals surface area contributed by atoms with Crippen LogP contribution in [-0.4, -0.2) is 12.5 Å². The molecule has 0 aromatic heterocycles. The summed E-state index contributed by atoms with van der Waals surface area (Å²) in [6.45, 7) is 9.42. The van der Waals surface area contributed by atoms with Gasteiger partial charge < -0.3 is 20.1 Å². The minimum Gasteiger partial charge on any atom is -0.490 e. The molecule has 0 aliphatic heterocycles. The van der Waals surface area contributed by atoms with Gasteiger partial charge in [-0.05, 0) is 77.3 Å². The smallest absolute Gasteiger partial charge is 0.226 e. The average molecular weight is 511 g/mol. The summed E-state index contributed by atoms with van der Waals surface area (Å²) < 4.78 is 12.8. The Kier molecular flexibility index (Phi) is 8.78. The minimum absolute atomic E-state index is 0.00807. The van der Waals surface area contributed by atoms with Crippen LogP contribution in [0.25, 0.3) is 0 Å². The first-order valence-electron chi connectivity index (χ1n) is 11.1. The molecule has 5 nitrogen and oxygen atoms in total. The number of halogens is 1. The number of rotatable bonds is 10. The molecule has 0 aliphatic rings. The second-order valence-electron chi connectivity index (χ2n) is 8.19. The lowest BCUT2D eigenvalue weighted by atomic mass is 10.1. The van der Waals surface area contributed by atoms with Gasteiger partial charge in [0.15, 0.2) is 11.5 Å². The number of benzene rings is 3. The van der Waals surface area contributed by atoms with Crippen molar-refractivity contribution in [3.63, 3.8) is 0 Å². The number of anilines is 2. The standard InChI is InChI=1S/C27H31BrN2O3/c1-5-32-25-15-21(14-24(28)26(25)33-17-20-8-6-7-19(4)13-20)16-29-22-9-11-23(12-10-22)30-27(31)18(2)3/h6-15,18,29H,5,16-17H2,1-4H3,(H,30,31). The molecule has 6 heteroatoms. The average Bonchev–Trinajstić information content (AvgIpc) is 2.78. The van der Waals surface area contributed by atoms with E-state index in [-0.39, 0.29) is 11.8 Å². The molecule has 0 fully saturated rings. The molecule has 0 spiro atoms. The number of carbonyl (C=O) groups is 1. The van der Waals surface area contributed by atoms with Crippen molar-refractivity contribution in [2.75, 3.05) is 17.2 Å². The second kappa shape index (κ2) is 11.8. The van der Waals surface area contributed by atoms with Crippen molar-refractivity contribution >= 4 is 33.2 Å². The lowest BCUT2D eigenvalue weighted by Gasteiger charge is -2.16. The molecular weight excluding hydrogens is 480 g/mol. The zero-order valence-corrected chi connectivity index (χ0v) is 21.2. The zero-order chi connectivity index (χ0) is 23.8. The fourth-order valence-corrected chi connectivity index (χ4v) is 3.85. The van der Waals surface area contributed by atoms with Crippen molar-refractivity contribution < 1.29 is 14.3 Å². The van der Waals surface area contributed by atoms with E-state index in [0.717, 1.165) is 27.0 Å². The maximum atomic E-state index is 11.8. The first kappa shape index (κ1) is 24.6. The van der Waals surface area contributed by atoms with Crippen molar-refractivity contribution in [1.82, 2.24) is 0 Å². The van der Waals surface area contributed by atoms with Crippen molar-refractivity contribution in [3.8, 4) is 11.5 Å². The number of hydrogen-bond donors (Lipinski definition) is 2. The van der Waals surface area contributed by atoms with Gasteiger partial charge >= 0.3 is 0 Å². The summed E-state index contributed by atoms with van der Waals surface area (Å²) in [5.74, 6) is 1.37. The first-order chi connectivity index (χ1) is 15.9. The van der Waals surface area contributed by atoms with Crippen molar-refractivity contribution in [2.45, 2.75) is 40.8 Å². The Morgan fingerprint density at radius 3 is 2.36 bits per heavy atom. The van der Waals surface area contributed by atoms with Crippen LogP contribution in [0.2, 0.25) is 0 Å². The van der Waals surface area contributed by atoms with Gasteiger partial charge in [0.2, 0.25) is 5.91 Å². The molecule has 0 aliphatic carbocycles. The number of aryl methyl sites for hydroxylation is 1. The van der Waals surface area contributed by atoms with Crippen LogP contribution in [0.5, 0.6) is 11.5 Å². The molecule has 0 radical (unpaired) electrons. The number of hydrogen-bond acceptors (Lipinski definition) is 4. The van der Waals surface area contributed by atoms with Gasteiger partial charge in [0.25, 0.3) is 0 Å². The van der Waals surface area contributed by atoms with Gasteiger partial charge in [-0.15, -0.1) is 0 Å². The summed E-state index contributed by atoms with van der Waals surface area (Å²) in [6, 6.07) is 20.0. The summed E-state index contributed by atoms with van der Waals surface area (Å²) >= 11 is 3.65. The number of amides is 1. The molecule has 0 saturated carbocycles. The molecular formula is C27H31BrN2O3. The van der Waals surface area contributed by atoms with Crippen LogP contribution in [0, 0.1) is 12.8 Å². The predicted molar refractivity (Wildman–Crippen MR) is 138 cm³/mol. The minimum atomic E-state index is -0.0513. The second-order valence-corrected chi connectivity index (χ2v) is 9.04. The SMILES string of the molecule is CCOc1cc(CNc2ccc(NC(=O)C(C)C)cc2)cc(Br)c1OCc1cccc(C)c1. The monoisotopic (exact) mass is 510 g/mol. The van der Waals surface area contributed by atoms with Crippen LogP contribution in [-0.2, 0) is 17.9 Å². The van der Waals surface area contributed by atoms with E-state index in [9.17, 15) is 4.79 Å².